The molecule has 3 rings (SSSR count). The Kier molecular flexibility index (Phi) is 3.35. The van der Waals surface area contributed by atoms with Crippen molar-refractivity contribution in [2.45, 2.75) is 6.54 Å². The number of nitrogens with zero attached hydrogens (tertiary/aromatic N) is 1. The number of hydrogen-bond acceptors (Lipinski definition) is 3. The molecule has 0 unspecified atom stereocenters. The lowest BCUT2D eigenvalue weighted by Crippen LogP contribution is -2.22. The molecule has 1 aromatic carbocycles. The van der Waals surface area contributed by atoms with Crippen LogP contribution in [-0.2, 0) is 6.54 Å². The van der Waals surface area contributed by atoms with E-state index in [2.05, 4.69) is 31.2 Å². The van der Waals surface area contributed by atoms with Crippen LogP contribution < -0.4 is 5.32 Å². The normalized spacial score (nSPS) is 10.8. The molecule has 0 saturated carbocycles. The van der Waals surface area contributed by atoms with Gasteiger partial charge in [0, 0.05) is 20.3 Å². The molecule has 19 heavy (non-hydrogen) atoms. The van der Waals surface area contributed by atoms with Gasteiger partial charge in [0.2, 0.25) is 0 Å². The number of aromatic nitrogens is 2. The van der Waals surface area contributed by atoms with Crippen molar-refractivity contribution in [2.75, 3.05) is 0 Å². The topological polar surface area (TPSA) is 57.8 Å². The molecule has 0 aliphatic rings. The number of imidazole rings is 1. The molecule has 6 heteroatoms. The van der Waals surface area contributed by atoms with Crippen LogP contribution in [0.25, 0.3) is 11.0 Å². The van der Waals surface area contributed by atoms with Crippen LogP contribution in [0.3, 0.4) is 0 Å². The Labute approximate surface area is 122 Å². The number of carbonyl (C=O) groups excluding carboxylic acids is 1. The summed E-state index contributed by atoms with van der Waals surface area (Å²) >= 11 is 5.01. The number of halogens is 1. The van der Waals surface area contributed by atoms with Crippen molar-refractivity contribution >= 4 is 44.2 Å². The number of amides is 1. The number of carbonyl (C=O) groups is 1. The molecule has 2 heterocycles. The van der Waals surface area contributed by atoms with E-state index in [4.69, 9.17) is 0 Å². The first-order chi connectivity index (χ1) is 9.22. The minimum atomic E-state index is -0.0824. The van der Waals surface area contributed by atoms with E-state index in [1.165, 1.54) is 0 Å². The third-order valence-corrected chi connectivity index (χ3v) is 4.42. The molecular formula is C13H10BrN3OS. The lowest BCUT2D eigenvalue weighted by atomic mass is 10.2. The molecule has 0 fully saturated rings. The van der Waals surface area contributed by atoms with Crippen LogP contribution >= 0.6 is 27.3 Å². The van der Waals surface area contributed by atoms with Gasteiger partial charge < -0.3 is 10.3 Å². The van der Waals surface area contributed by atoms with Crippen molar-refractivity contribution in [3.8, 4) is 0 Å². The maximum Gasteiger partial charge on any atom is 0.251 e. The molecule has 0 atom stereocenters. The molecule has 2 aromatic heterocycles. The first kappa shape index (κ1) is 12.4. The predicted octanol–water partition coefficient (Wildman–Crippen LogP) is 3.32. The van der Waals surface area contributed by atoms with Gasteiger partial charge in [0.15, 0.2) is 0 Å². The molecule has 0 aliphatic carbocycles. The summed E-state index contributed by atoms with van der Waals surface area (Å²) in [5, 5.41) is 4.90. The van der Waals surface area contributed by atoms with Crippen molar-refractivity contribution in [1.82, 2.24) is 15.3 Å². The van der Waals surface area contributed by atoms with Gasteiger partial charge in [0.25, 0.3) is 5.91 Å². The lowest BCUT2D eigenvalue weighted by Gasteiger charge is -2.03. The van der Waals surface area contributed by atoms with Gasteiger partial charge in [-0.15, -0.1) is 11.3 Å². The van der Waals surface area contributed by atoms with Gasteiger partial charge in [-0.1, -0.05) is 0 Å². The molecule has 0 bridgehead atoms. The van der Waals surface area contributed by atoms with Crippen molar-refractivity contribution in [2.24, 2.45) is 0 Å². The highest BCUT2D eigenvalue weighted by Crippen LogP contribution is 2.19. The first-order valence-electron chi connectivity index (χ1n) is 5.66. The van der Waals surface area contributed by atoms with Gasteiger partial charge in [0.1, 0.15) is 0 Å². The van der Waals surface area contributed by atoms with E-state index in [1.807, 2.05) is 23.6 Å². The molecule has 0 aliphatic heterocycles. The second kappa shape index (κ2) is 5.14. The van der Waals surface area contributed by atoms with E-state index < -0.39 is 0 Å². The van der Waals surface area contributed by atoms with Crippen molar-refractivity contribution < 1.29 is 4.79 Å². The fraction of sp³-hybridized carbons (Fsp3) is 0.0769. The van der Waals surface area contributed by atoms with E-state index in [1.54, 1.807) is 23.7 Å². The molecule has 3 aromatic rings. The zero-order valence-corrected chi connectivity index (χ0v) is 12.2. The smallest absolute Gasteiger partial charge is 0.251 e. The Hall–Kier alpha value is -1.66. The summed E-state index contributed by atoms with van der Waals surface area (Å²) in [6.45, 7) is 0.538. The summed E-state index contributed by atoms with van der Waals surface area (Å²) in [6, 6.07) is 7.43. The average molecular weight is 336 g/mol. The summed E-state index contributed by atoms with van der Waals surface area (Å²) in [4.78, 5) is 20.3. The average Bonchev–Trinajstić information content (AvgIpc) is 3.03. The summed E-state index contributed by atoms with van der Waals surface area (Å²) in [5.74, 6) is -0.0824. The maximum atomic E-state index is 12.0. The van der Waals surface area contributed by atoms with Crippen molar-refractivity contribution in [3.05, 3.63) is 50.9 Å². The van der Waals surface area contributed by atoms with Crippen molar-refractivity contribution in [3.63, 3.8) is 0 Å². The zero-order valence-electron chi connectivity index (χ0n) is 9.81. The van der Waals surface area contributed by atoms with Crippen LogP contribution in [-0.4, -0.2) is 15.9 Å². The number of H-pyrrole nitrogens is 1. The van der Waals surface area contributed by atoms with Gasteiger partial charge in [-0.3, -0.25) is 4.79 Å². The molecular weight excluding hydrogens is 326 g/mol. The highest BCUT2D eigenvalue weighted by atomic mass is 79.9. The fourth-order valence-electron chi connectivity index (χ4n) is 1.79. The van der Waals surface area contributed by atoms with Gasteiger partial charge >= 0.3 is 0 Å². The Bertz CT molecular complexity index is 734. The largest absolute Gasteiger partial charge is 0.347 e. The minimum Gasteiger partial charge on any atom is -0.347 e. The summed E-state index contributed by atoms with van der Waals surface area (Å²) in [7, 11) is 0. The fourth-order valence-corrected chi connectivity index (χ4v) is 3.18. The second-order valence-corrected chi connectivity index (χ2v) is 5.96. The first-order valence-corrected chi connectivity index (χ1v) is 7.34. The van der Waals surface area contributed by atoms with Crippen LogP contribution in [0.2, 0.25) is 0 Å². The monoisotopic (exact) mass is 335 g/mol. The van der Waals surface area contributed by atoms with Crippen LogP contribution in [0.15, 0.2) is 40.4 Å². The number of benzene rings is 1. The minimum absolute atomic E-state index is 0.0824. The number of rotatable bonds is 3. The van der Waals surface area contributed by atoms with Crippen molar-refractivity contribution in [1.29, 1.82) is 0 Å². The van der Waals surface area contributed by atoms with E-state index in [9.17, 15) is 4.79 Å². The molecule has 4 nitrogen and oxygen atoms in total. The highest BCUT2D eigenvalue weighted by Gasteiger charge is 2.07. The van der Waals surface area contributed by atoms with Gasteiger partial charge in [0.05, 0.1) is 23.9 Å². The van der Waals surface area contributed by atoms with Crippen LogP contribution in [0.1, 0.15) is 15.2 Å². The van der Waals surface area contributed by atoms with Gasteiger partial charge in [-0.25, -0.2) is 4.98 Å². The van der Waals surface area contributed by atoms with E-state index in [0.717, 1.165) is 20.4 Å². The molecule has 96 valence electrons. The Balaban J connectivity index is 1.72. The van der Waals surface area contributed by atoms with Crippen LogP contribution in [0.4, 0.5) is 0 Å². The highest BCUT2D eigenvalue weighted by molar-refractivity contribution is 9.10. The molecule has 0 saturated heterocycles. The summed E-state index contributed by atoms with van der Waals surface area (Å²) in [5.41, 5.74) is 2.36. The zero-order chi connectivity index (χ0) is 13.2. The Morgan fingerprint density at radius 2 is 2.32 bits per heavy atom. The third-order valence-electron chi connectivity index (χ3n) is 2.73. The summed E-state index contributed by atoms with van der Waals surface area (Å²) < 4.78 is 1.04. The standard InChI is InChI=1S/C13H10BrN3OS/c14-9-4-10(19-6-9)5-15-13(18)8-1-2-11-12(3-8)17-7-16-11/h1-4,6-7H,5H2,(H,15,18)(H,16,17). The van der Waals surface area contributed by atoms with Crippen LogP contribution in [0.5, 0.6) is 0 Å². The van der Waals surface area contributed by atoms with E-state index in [-0.39, 0.29) is 5.91 Å². The third kappa shape index (κ3) is 2.69. The Morgan fingerprint density at radius 3 is 3.11 bits per heavy atom. The number of aromatic amines is 1. The summed E-state index contributed by atoms with van der Waals surface area (Å²) in [6.07, 6.45) is 1.62. The van der Waals surface area contributed by atoms with E-state index >= 15 is 0 Å². The van der Waals surface area contributed by atoms with E-state index in [0.29, 0.717) is 12.1 Å². The Morgan fingerprint density at radius 1 is 1.42 bits per heavy atom. The van der Waals surface area contributed by atoms with Gasteiger partial charge in [-0.05, 0) is 40.2 Å². The number of hydrogen-bond donors (Lipinski definition) is 2. The van der Waals surface area contributed by atoms with Crippen LogP contribution in [0, 0.1) is 0 Å². The maximum absolute atomic E-state index is 12.0. The lowest BCUT2D eigenvalue weighted by molar-refractivity contribution is 0.0951. The molecule has 1 amide bonds. The number of thiophene rings is 1. The number of nitrogens with one attached hydrogen (secondary N) is 2. The predicted molar refractivity (Wildman–Crippen MR) is 79.3 cm³/mol. The quantitative estimate of drug-likeness (QED) is 0.771. The second-order valence-electron chi connectivity index (χ2n) is 4.05. The number of fused-ring (bicyclic) bond motifs is 1. The molecule has 2 N–H and O–H groups in total. The molecule has 0 spiro atoms. The molecule has 0 radical (unpaired) electrons. The van der Waals surface area contributed by atoms with Gasteiger partial charge in [-0.2, -0.15) is 0 Å². The SMILES string of the molecule is O=C(NCc1cc(Br)cs1)c1ccc2nc[nH]c2c1.